The normalized spacial score (nSPS) is 17.7. The molecule has 29 heavy (non-hydrogen) atoms. The molecule has 152 valence electrons. The van der Waals surface area contributed by atoms with Crippen molar-refractivity contribution in [2.75, 3.05) is 6.54 Å². The monoisotopic (exact) mass is 398 g/mol. The van der Waals surface area contributed by atoms with Crippen molar-refractivity contribution < 1.29 is 13.2 Å². The van der Waals surface area contributed by atoms with E-state index in [1.807, 2.05) is 36.5 Å². The average molecular weight is 398 g/mol. The highest BCUT2D eigenvalue weighted by molar-refractivity contribution is 5.35. The lowest BCUT2D eigenvalue weighted by molar-refractivity contribution is -0.137. The molecule has 0 bridgehead atoms. The molecule has 1 aliphatic rings. The largest absolute Gasteiger partial charge is 0.416 e. The molecule has 1 aromatic heterocycles. The van der Waals surface area contributed by atoms with Gasteiger partial charge in [-0.3, -0.25) is 4.90 Å². The first kappa shape index (κ1) is 19.8. The second-order valence-corrected chi connectivity index (χ2v) is 7.60. The molecule has 2 heterocycles. The van der Waals surface area contributed by atoms with Crippen molar-refractivity contribution >= 4 is 0 Å². The molecule has 0 saturated heterocycles. The van der Waals surface area contributed by atoms with Crippen molar-refractivity contribution in [1.82, 2.24) is 9.47 Å². The number of aromatic nitrogens is 1. The second-order valence-electron chi connectivity index (χ2n) is 7.60. The number of aryl methyl sites for hydroxylation is 2. The van der Waals surface area contributed by atoms with Crippen LogP contribution in [-0.2, 0) is 25.7 Å². The van der Waals surface area contributed by atoms with Gasteiger partial charge in [0, 0.05) is 31.5 Å². The Morgan fingerprint density at radius 1 is 0.931 bits per heavy atom. The summed E-state index contributed by atoms with van der Waals surface area (Å²) in [6, 6.07) is 18.0. The Hall–Kier alpha value is -2.53. The highest BCUT2D eigenvalue weighted by Gasteiger charge is 2.33. The molecule has 1 unspecified atom stereocenters. The minimum atomic E-state index is -4.34. The van der Waals surface area contributed by atoms with Crippen LogP contribution < -0.4 is 0 Å². The average Bonchev–Trinajstić information content (AvgIpc) is 3.09. The van der Waals surface area contributed by atoms with Crippen molar-refractivity contribution in [2.45, 2.75) is 45.1 Å². The predicted molar refractivity (Wildman–Crippen MR) is 109 cm³/mol. The molecule has 0 N–H and O–H groups in total. The molecule has 2 aromatic carbocycles. The minimum Gasteiger partial charge on any atom is -0.350 e. The zero-order valence-electron chi connectivity index (χ0n) is 16.5. The van der Waals surface area contributed by atoms with E-state index in [2.05, 4.69) is 28.5 Å². The zero-order valence-corrected chi connectivity index (χ0v) is 16.5. The summed E-state index contributed by atoms with van der Waals surface area (Å²) in [5.41, 5.74) is 3.68. The van der Waals surface area contributed by atoms with Crippen LogP contribution in [0.5, 0.6) is 0 Å². The summed E-state index contributed by atoms with van der Waals surface area (Å²) < 4.78 is 42.3. The summed E-state index contributed by atoms with van der Waals surface area (Å²) in [5, 5.41) is 0. The van der Waals surface area contributed by atoms with E-state index in [9.17, 15) is 13.2 Å². The number of benzene rings is 2. The maximum Gasteiger partial charge on any atom is 0.416 e. The van der Waals surface area contributed by atoms with E-state index < -0.39 is 11.7 Å². The van der Waals surface area contributed by atoms with Gasteiger partial charge in [0.15, 0.2) is 0 Å². The lowest BCUT2D eigenvalue weighted by Gasteiger charge is -2.31. The fourth-order valence-electron chi connectivity index (χ4n) is 4.35. The zero-order chi connectivity index (χ0) is 20.4. The molecule has 0 fully saturated rings. The van der Waals surface area contributed by atoms with Gasteiger partial charge in [0.1, 0.15) is 0 Å². The van der Waals surface area contributed by atoms with Gasteiger partial charge in [0.2, 0.25) is 0 Å². The number of nitrogens with zero attached hydrogens (tertiary/aromatic N) is 2. The Kier molecular flexibility index (Phi) is 5.50. The van der Waals surface area contributed by atoms with Gasteiger partial charge in [0.25, 0.3) is 0 Å². The molecule has 3 aromatic rings. The molecule has 1 aliphatic heterocycles. The fraction of sp³-hybridized carbons (Fsp3) is 0.333. The molecular weight excluding hydrogens is 373 g/mol. The predicted octanol–water partition coefficient (Wildman–Crippen LogP) is 6.06. The van der Waals surface area contributed by atoms with Crippen LogP contribution >= 0.6 is 0 Å². The molecule has 0 radical (unpaired) electrons. The standard InChI is InChI=1S/C24H25F3N2/c1-2-18-8-3-4-9-20(18)17-29-15-7-14-28-13-6-12-22(28)23(29)19-10-5-11-21(16-19)24(25,26)27/h3-6,8-13,16,23H,2,7,14-15,17H2,1H3. The van der Waals surface area contributed by atoms with Gasteiger partial charge in [-0.15, -0.1) is 0 Å². The minimum absolute atomic E-state index is 0.209. The number of hydrogen-bond acceptors (Lipinski definition) is 1. The molecular formula is C24H25F3N2. The van der Waals surface area contributed by atoms with E-state index in [1.54, 1.807) is 0 Å². The summed E-state index contributed by atoms with van der Waals surface area (Å²) in [4.78, 5) is 2.32. The fourth-order valence-corrected chi connectivity index (χ4v) is 4.35. The Morgan fingerprint density at radius 3 is 2.48 bits per heavy atom. The first-order valence-corrected chi connectivity index (χ1v) is 10.1. The Bertz CT molecular complexity index is 974. The number of halogens is 3. The summed E-state index contributed by atoms with van der Waals surface area (Å²) in [7, 11) is 0. The van der Waals surface area contributed by atoms with Gasteiger partial charge in [-0.25, -0.2) is 0 Å². The van der Waals surface area contributed by atoms with Gasteiger partial charge >= 0.3 is 6.18 Å². The van der Waals surface area contributed by atoms with Crippen LogP contribution in [0.4, 0.5) is 13.2 Å². The van der Waals surface area contributed by atoms with Gasteiger partial charge in [0.05, 0.1) is 11.6 Å². The number of fused-ring (bicyclic) bond motifs is 1. The summed E-state index contributed by atoms with van der Waals surface area (Å²) in [6.07, 6.45) is -0.415. The molecule has 0 spiro atoms. The van der Waals surface area contributed by atoms with E-state index >= 15 is 0 Å². The van der Waals surface area contributed by atoms with Crippen LogP contribution in [0.15, 0.2) is 66.9 Å². The number of rotatable bonds is 4. The van der Waals surface area contributed by atoms with Gasteiger partial charge in [-0.2, -0.15) is 13.2 Å². The lowest BCUT2D eigenvalue weighted by atomic mass is 9.97. The van der Waals surface area contributed by atoms with Gasteiger partial charge in [-0.05, 0) is 53.8 Å². The van der Waals surface area contributed by atoms with Crippen molar-refractivity contribution in [3.05, 3.63) is 94.8 Å². The summed E-state index contributed by atoms with van der Waals surface area (Å²) >= 11 is 0. The molecule has 1 atom stereocenters. The van der Waals surface area contributed by atoms with Gasteiger partial charge < -0.3 is 4.57 Å². The van der Waals surface area contributed by atoms with Crippen LogP contribution in [0.1, 0.15) is 47.3 Å². The molecule has 0 saturated carbocycles. The number of hydrogen-bond donors (Lipinski definition) is 0. The Labute approximate surface area is 169 Å². The summed E-state index contributed by atoms with van der Waals surface area (Å²) in [5.74, 6) is 0. The van der Waals surface area contributed by atoms with E-state index in [1.165, 1.54) is 23.3 Å². The topological polar surface area (TPSA) is 8.17 Å². The molecule has 5 heteroatoms. The quantitative estimate of drug-likeness (QED) is 0.518. The van der Waals surface area contributed by atoms with Crippen LogP contribution in [0, 0.1) is 0 Å². The van der Waals surface area contributed by atoms with Gasteiger partial charge in [-0.1, -0.05) is 43.3 Å². The first-order chi connectivity index (χ1) is 14.0. The van der Waals surface area contributed by atoms with E-state index in [0.717, 1.165) is 44.2 Å². The Morgan fingerprint density at radius 2 is 1.72 bits per heavy atom. The first-order valence-electron chi connectivity index (χ1n) is 10.1. The third-order valence-corrected chi connectivity index (χ3v) is 5.76. The SMILES string of the molecule is CCc1ccccc1CN1CCCn2cccc2C1c1cccc(C(F)(F)F)c1. The smallest absolute Gasteiger partial charge is 0.350 e. The van der Waals surface area contributed by atoms with Crippen molar-refractivity contribution in [3.8, 4) is 0 Å². The molecule has 0 aliphatic carbocycles. The van der Waals surface area contributed by atoms with E-state index in [4.69, 9.17) is 0 Å². The van der Waals surface area contributed by atoms with Crippen LogP contribution in [0.2, 0.25) is 0 Å². The van der Waals surface area contributed by atoms with Crippen LogP contribution in [0.3, 0.4) is 0 Å². The van der Waals surface area contributed by atoms with E-state index in [-0.39, 0.29) is 6.04 Å². The van der Waals surface area contributed by atoms with Crippen LogP contribution in [-0.4, -0.2) is 16.0 Å². The molecule has 0 amide bonds. The number of alkyl halides is 3. The third kappa shape index (κ3) is 4.10. The van der Waals surface area contributed by atoms with Crippen molar-refractivity contribution in [2.24, 2.45) is 0 Å². The summed E-state index contributed by atoms with van der Waals surface area (Å²) in [6.45, 7) is 4.57. The maximum atomic E-state index is 13.4. The molecule has 2 nitrogen and oxygen atoms in total. The molecule has 4 rings (SSSR count). The highest BCUT2D eigenvalue weighted by Crippen LogP contribution is 2.36. The van der Waals surface area contributed by atoms with Crippen molar-refractivity contribution in [3.63, 3.8) is 0 Å². The maximum absolute atomic E-state index is 13.4. The Balaban J connectivity index is 1.78. The highest BCUT2D eigenvalue weighted by atomic mass is 19.4. The lowest BCUT2D eigenvalue weighted by Crippen LogP contribution is -2.30. The van der Waals surface area contributed by atoms with Crippen LogP contribution in [0.25, 0.3) is 0 Å². The van der Waals surface area contributed by atoms with Crippen molar-refractivity contribution in [1.29, 1.82) is 0 Å². The second kappa shape index (κ2) is 8.07. The third-order valence-electron chi connectivity index (χ3n) is 5.76. The van der Waals surface area contributed by atoms with E-state index in [0.29, 0.717) is 5.56 Å².